The monoisotopic (exact) mass is 425 g/mol. The Labute approximate surface area is 178 Å². The number of thiophene rings is 1. The molecule has 0 saturated carbocycles. The number of benzene rings is 2. The largest absolute Gasteiger partial charge is 0.358 e. The van der Waals surface area contributed by atoms with Crippen LogP contribution in [-0.4, -0.2) is 37.4 Å². The Balaban J connectivity index is 1.77. The number of nitrogens with one attached hydrogen (secondary N) is 1. The van der Waals surface area contributed by atoms with Crippen molar-refractivity contribution in [2.45, 2.75) is 6.17 Å². The normalized spacial score (nSPS) is 16.0. The van der Waals surface area contributed by atoms with Gasteiger partial charge in [0.15, 0.2) is 0 Å². The third kappa shape index (κ3) is 3.61. The number of likely N-dealkylation sites (N-methyl/N-ethyl adjacent to an activating group) is 1. The lowest BCUT2D eigenvalue weighted by Gasteiger charge is -2.43. The zero-order valence-corrected chi connectivity index (χ0v) is 17.6. The molecular weight excluding hydrogens is 406 g/mol. The van der Waals surface area contributed by atoms with Gasteiger partial charge in [-0.3, -0.25) is 9.59 Å². The molecule has 1 atom stereocenters. The van der Waals surface area contributed by atoms with E-state index in [1.165, 1.54) is 0 Å². The first kappa shape index (κ1) is 19.5. The van der Waals surface area contributed by atoms with Crippen molar-refractivity contribution in [3.8, 4) is 10.4 Å². The number of nitrogens with zero attached hydrogens (tertiary/aromatic N) is 2. The topological polar surface area (TPSA) is 52.7 Å². The predicted molar refractivity (Wildman–Crippen MR) is 117 cm³/mol. The van der Waals surface area contributed by atoms with Gasteiger partial charge in [0, 0.05) is 28.9 Å². The summed E-state index contributed by atoms with van der Waals surface area (Å²) in [4.78, 5) is 31.0. The van der Waals surface area contributed by atoms with Gasteiger partial charge in [0.05, 0.1) is 17.8 Å². The number of rotatable bonds is 4. The minimum atomic E-state index is -0.360. The quantitative estimate of drug-likeness (QED) is 0.673. The van der Waals surface area contributed by atoms with Crippen LogP contribution in [0, 0.1) is 0 Å². The lowest BCUT2D eigenvalue weighted by molar-refractivity contribution is -0.119. The zero-order chi connectivity index (χ0) is 20.5. The molecule has 0 radical (unpaired) electrons. The third-order valence-corrected chi connectivity index (χ3v) is 6.46. The van der Waals surface area contributed by atoms with Gasteiger partial charge in [-0.1, -0.05) is 35.9 Å². The van der Waals surface area contributed by atoms with Crippen molar-refractivity contribution in [1.82, 2.24) is 10.2 Å². The molecule has 0 saturated heterocycles. The van der Waals surface area contributed by atoms with Gasteiger partial charge >= 0.3 is 0 Å². The molecule has 2 amide bonds. The van der Waals surface area contributed by atoms with Crippen LogP contribution >= 0.6 is 22.9 Å². The van der Waals surface area contributed by atoms with E-state index in [4.69, 9.17) is 11.6 Å². The average Bonchev–Trinajstić information content (AvgIpc) is 3.22. The molecule has 4 rings (SSSR count). The summed E-state index contributed by atoms with van der Waals surface area (Å²) in [5, 5.41) is 3.38. The first-order chi connectivity index (χ1) is 14.0. The van der Waals surface area contributed by atoms with Crippen LogP contribution in [0.1, 0.15) is 21.4 Å². The van der Waals surface area contributed by atoms with E-state index in [0.29, 0.717) is 10.6 Å². The fraction of sp³-hybridized carbons (Fsp3) is 0.182. The predicted octanol–water partition coefficient (Wildman–Crippen LogP) is 4.41. The number of carbonyl (C=O) groups excluding carboxylic acids is 2. The zero-order valence-electron chi connectivity index (χ0n) is 16.1. The van der Waals surface area contributed by atoms with E-state index in [2.05, 4.69) is 5.32 Å². The maximum Gasteiger partial charge on any atom is 0.257 e. The van der Waals surface area contributed by atoms with Crippen molar-refractivity contribution in [3.05, 3.63) is 76.1 Å². The minimum Gasteiger partial charge on any atom is -0.358 e. The molecule has 1 aliphatic rings. The lowest BCUT2D eigenvalue weighted by Crippen LogP contribution is -2.50. The molecule has 0 unspecified atom stereocenters. The van der Waals surface area contributed by atoms with E-state index < -0.39 is 0 Å². The molecule has 0 fully saturated rings. The van der Waals surface area contributed by atoms with Crippen molar-refractivity contribution in [1.29, 1.82) is 0 Å². The summed E-state index contributed by atoms with van der Waals surface area (Å²) in [7, 11) is 3.40. The van der Waals surface area contributed by atoms with Gasteiger partial charge in [-0.15, -0.1) is 11.3 Å². The second kappa shape index (κ2) is 7.89. The molecular formula is C22H20ClN3O2S. The SMILES string of the molecule is CNC(=O)CN1c2ccccc2C(=O)N(C)[C@@H]1c1ccc(-c2ccc(Cl)cc2)s1. The van der Waals surface area contributed by atoms with Crippen LogP contribution in [0.4, 0.5) is 5.69 Å². The van der Waals surface area contributed by atoms with E-state index in [9.17, 15) is 9.59 Å². The van der Waals surface area contributed by atoms with Crippen LogP contribution in [0.3, 0.4) is 0 Å². The Morgan fingerprint density at radius 1 is 1.10 bits per heavy atom. The smallest absolute Gasteiger partial charge is 0.257 e. The van der Waals surface area contributed by atoms with Crippen LogP contribution in [0.5, 0.6) is 0 Å². The van der Waals surface area contributed by atoms with Crippen LogP contribution < -0.4 is 10.2 Å². The van der Waals surface area contributed by atoms with Crippen molar-refractivity contribution in [2.75, 3.05) is 25.5 Å². The van der Waals surface area contributed by atoms with Crippen molar-refractivity contribution in [2.24, 2.45) is 0 Å². The third-order valence-electron chi connectivity index (χ3n) is 5.03. The molecule has 2 heterocycles. The number of fused-ring (bicyclic) bond motifs is 1. The molecule has 1 N–H and O–H groups in total. The highest BCUT2D eigenvalue weighted by atomic mass is 35.5. The van der Waals surface area contributed by atoms with Gasteiger partial charge in [-0.2, -0.15) is 0 Å². The first-order valence-corrected chi connectivity index (χ1v) is 10.4. The highest BCUT2D eigenvalue weighted by Crippen LogP contribution is 2.41. The van der Waals surface area contributed by atoms with Gasteiger partial charge in [0.25, 0.3) is 5.91 Å². The minimum absolute atomic E-state index is 0.0554. The molecule has 0 spiro atoms. The summed E-state index contributed by atoms with van der Waals surface area (Å²) in [6.07, 6.45) is -0.360. The van der Waals surface area contributed by atoms with Gasteiger partial charge in [0.1, 0.15) is 6.17 Å². The lowest BCUT2D eigenvalue weighted by atomic mass is 10.0. The maximum atomic E-state index is 13.0. The summed E-state index contributed by atoms with van der Waals surface area (Å²) in [6, 6.07) is 19.2. The Kier molecular flexibility index (Phi) is 5.30. The Morgan fingerprint density at radius 3 is 2.55 bits per heavy atom. The van der Waals surface area contributed by atoms with Crippen LogP contribution in [0.15, 0.2) is 60.7 Å². The average molecular weight is 426 g/mol. The van der Waals surface area contributed by atoms with E-state index in [1.54, 1.807) is 36.4 Å². The molecule has 2 aromatic carbocycles. The second-order valence-corrected chi connectivity index (χ2v) is 8.37. The van der Waals surface area contributed by atoms with Gasteiger partial charge in [-0.05, 0) is 42.0 Å². The fourth-order valence-electron chi connectivity index (χ4n) is 3.56. The van der Waals surface area contributed by atoms with Crippen molar-refractivity contribution in [3.63, 3.8) is 0 Å². The van der Waals surface area contributed by atoms with E-state index in [1.807, 2.05) is 59.5 Å². The molecule has 0 aliphatic carbocycles. The molecule has 1 aliphatic heterocycles. The van der Waals surface area contributed by atoms with Crippen LogP contribution in [0.2, 0.25) is 5.02 Å². The van der Waals surface area contributed by atoms with Gasteiger partial charge < -0.3 is 15.1 Å². The van der Waals surface area contributed by atoms with E-state index in [0.717, 1.165) is 21.0 Å². The molecule has 148 valence electrons. The molecule has 29 heavy (non-hydrogen) atoms. The number of hydrogen-bond acceptors (Lipinski definition) is 4. The molecule has 7 heteroatoms. The van der Waals surface area contributed by atoms with Crippen molar-refractivity contribution < 1.29 is 9.59 Å². The molecule has 5 nitrogen and oxygen atoms in total. The number of halogens is 1. The van der Waals surface area contributed by atoms with Gasteiger partial charge in [-0.25, -0.2) is 0 Å². The van der Waals surface area contributed by atoms with Crippen molar-refractivity contribution >= 4 is 40.4 Å². The number of para-hydroxylation sites is 1. The number of anilines is 1. The number of hydrogen-bond donors (Lipinski definition) is 1. The first-order valence-electron chi connectivity index (χ1n) is 9.18. The molecule has 1 aromatic heterocycles. The Hall–Kier alpha value is -2.83. The Bertz CT molecular complexity index is 1060. The van der Waals surface area contributed by atoms with Crippen LogP contribution in [0.25, 0.3) is 10.4 Å². The Morgan fingerprint density at radius 2 is 1.83 bits per heavy atom. The maximum absolute atomic E-state index is 13.0. The highest BCUT2D eigenvalue weighted by molar-refractivity contribution is 7.15. The van der Waals surface area contributed by atoms with E-state index in [-0.39, 0.29) is 24.5 Å². The highest BCUT2D eigenvalue weighted by Gasteiger charge is 2.37. The standard InChI is InChI=1S/C22H20ClN3O2S/c1-24-20(27)13-26-17-6-4-3-5-16(17)22(28)25(2)21(26)19-12-11-18(29-19)14-7-9-15(23)10-8-14/h3-12,21H,13H2,1-2H3,(H,24,27)/t21-/m0/s1. The number of carbonyl (C=O) groups is 2. The fourth-order valence-corrected chi connectivity index (χ4v) is 4.85. The summed E-state index contributed by atoms with van der Waals surface area (Å²) < 4.78 is 0. The summed E-state index contributed by atoms with van der Waals surface area (Å²) in [5.41, 5.74) is 2.43. The molecule has 0 bridgehead atoms. The van der Waals surface area contributed by atoms with Crippen LogP contribution in [-0.2, 0) is 4.79 Å². The second-order valence-electron chi connectivity index (χ2n) is 6.82. The summed E-state index contributed by atoms with van der Waals surface area (Å²) >= 11 is 7.61. The summed E-state index contributed by atoms with van der Waals surface area (Å²) in [5.74, 6) is -0.165. The summed E-state index contributed by atoms with van der Waals surface area (Å²) in [6.45, 7) is 0.157. The molecule has 3 aromatic rings. The van der Waals surface area contributed by atoms with Gasteiger partial charge in [0.2, 0.25) is 5.91 Å². The number of amides is 2. The van der Waals surface area contributed by atoms with E-state index >= 15 is 0 Å².